The Balaban J connectivity index is 1.84. The van der Waals surface area contributed by atoms with Gasteiger partial charge in [0.05, 0.1) is 6.54 Å². The van der Waals surface area contributed by atoms with Gasteiger partial charge in [0.1, 0.15) is 6.04 Å². The lowest BCUT2D eigenvalue weighted by Crippen LogP contribution is -2.60. The van der Waals surface area contributed by atoms with Crippen molar-refractivity contribution < 1.29 is 9.59 Å². The maximum atomic E-state index is 12.1. The Morgan fingerprint density at radius 3 is 2.63 bits per heavy atom. The zero-order valence-corrected chi connectivity index (χ0v) is 11.8. The molecule has 1 aliphatic carbocycles. The Bertz CT molecular complexity index is 341. The molecule has 0 aromatic carbocycles. The van der Waals surface area contributed by atoms with Crippen molar-refractivity contribution in [2.75, 3.05) is 33.7 Å². The van der Waals surface area contributed by atoms with E-state index in [0.29, 0.717) is 13.1 Å². The monoisotopic (exact) mass is 268 g/mol. The van der Waals surface area contributed by atoms with Crippen molar-refractivity contribution in [1.29, 1.82) is 0 Å². The fourth-order valence-electron chi connectivity index (χ4n) is 2.94. The molecule has 6 nitrogen and oxygen atoms in total. The van der Waals surface area contributed by atoms with Crippen LogP contribution in [0.15, 0.2) is 0 Å². The Morgan fingerprint density at radius 2 is 2.11 bits per heavy atom. The van der Waals surface area contributed by atoms with Gasteiger partial charge in [0.15, 0.2) is 0 Å². The minimum absolute atomic E-state index is 0.0203. The fraction of sp³-hybridized carbons (Fsp3) is 0.846. The minimum Gasteiger partial charge on any atom is -0.353 e. The van der Waals surface area contributed by atoms with Gasteiger partial charge in [-0.15, -0.1) is 0 Å². The molecule has 0 spiro atoms. The molecule has 6 heteroatoms. The van der Waals surface area contributed by atoms with E-state index < -0.39 is 0 Å². The molecule has 2 rings (SSSR count). The van der Waals surface area contributed by atoms with Crippen LogP contribution in [0.1, 0.15) is 25.7 Å². The van der Waals surface area contributed by atoms with Gasteiger partial charge in [-0.2, -0.15) is 0 Å². The summed E-state index contributed by atoms with van der Waals surface area (Å²) in [7, 11) is 4.16. The van der Waals surface area contributed by atoms with E-state index in [-0.39, 0.29) is 29.9 Å². The van der Waals surface area contributed by atoms with Crippen LogP contribution in [0.5, 0.6) is 0 Å². The Hall–Kier alpha value is -1.14. The highest BCUT2D eigenvalue weighted by Crippen LogP contribution is 2.33. The normalized spacial score (nSPS) is 26.3. The van der Waals surface area contributed by atoms with Crippen molar-refractivity contribution in [2.24, 2.45) is 0 Å². The molecule has 3 N–H and O–H groups in total. The van der Waals surface area contributed by atoms with E-state index in [4.69, 9.17) is 0 Å². The zero-order chi connectivity index (χ0) is 13.9. The molecule has 0 radical (unpaired) electrons. The van der Waals surface area contributed by atoms with Crippen LogP contribution in [0, 0.1) is 0 Å². The van der Waals surface area contributed by atoms with Crippen molar-refractivity contribution in [3.63, 3.8) is 0 Å². The van der Waals surface area contributed by atoms with Gasteiger partial charge in [-0.3, -0.25) is 14.9 Å². The highest BCUT2D eigenvalue weighted by atomic mass is 16.2. The number of hydrogen-bond donors (Lipinski definition) is 3. The maximum Gasteiger partial charge on any atom is 0.239 e. The fourth-order valence-corrected chi connectivity index (χ4v) is 2.94. The number of piperazine rings is 1. The van der Waals surface area contributed by atoms with E-state index in [9.17, 15) is 9.59 Å². The number of carbonyl (C=O) groups excluding carboxylic acids is 2. The number of rotatable bonds is 4. The molecule has 0 bridgehead atoms. The van der Waals surface area contributed by atoms with E-state index in [1.165, 1.54) is 12.8 Å². The van der Waals surface area contributed by atoms with Gasteiger partial charge in [0.2, 0.25) is 11.8 Å². The zero-order valence-electron chi connectivity index (χ0n) is 11.8. The van der Waals surface area contributed by atoms with Gasteiger partial charge in [0, 0.05) is 18.6 Å². The van der Waals surface area contributed by atoms with Crippen LogP contribution in [0.2, 0.25) is 0 Å². The number of likely N-dealkylation sites (N-methyl/N-ethyl adjacent to an activating group) is 1. The maximum absolute atomic E-state index is 12.1. The first-order valence-corrected chi connectivity index (χ1v) is 6.99. The lowest BCUT2D eigenvalue weighted by molar-refractivity contribution is -0.127. The summed E-state index contributed by atoms with van der Waals surface area (Å²) in [6.07, 6.45) is 4.72. The third kappa shape index (κ3) is 3.25. The topological polar surface area (TPSA) is 73.5 Å². The molecule has 1 heterocycles. The first-order chi connectivity index (χ1) is 9.03. The molecule has 2 fully saturated rings. The molecule has 19 heavy (non-hydrogen) atoms. The Labute approximate surface area is 114 Å². The van der Waals surface area contributed by atoms with Crippen LogP contribution in [0.3, 0.4) is 0 Å². The molecule has 1 aliphatic heterocycles. The second-order valence-electron chi connectivity index (χ2n) is 5.78. The number of carbonyl (C=O) groups is 2. The van der Waals surface area contributed by atoms with Crippen molar-refractivity contribution in [1.82, 2.24) is 20.9 Å². The first-order valence-electron chi connectivity index (χ1n) is 6.99. The Kier molecular flexibility index (Phi) is 4.42. The van der Waals surface area contributed by atoms with Crippen molar-refractivity contribution in [3.8, 4) is 0 Å². The molecule has 0 aromatic heterocycles. The molecular formula is C13H24N4O2. The summed E-state index contributed by atoms with van der Waals surface area (Å²) in [6, 6.07) is -0.307. The molecule has 1 saturated carbocycles. The van der Waals surface area contributed by atoms with Gasteiger partial charge >= 0.3 is 0 Å². The van der Waals surface area contributed by atoms with E-state index in [1.807, 2.05) is 0 Å². The van der Waals surface area contributed by atoms with Gasteiger partial charge in [-0.25, -0.2) is 0 Å². The number of nitrogens with one attached hydrogen (secondary N) is 3. The summed E-state index contributed by atoms with van der Waals surface area (Å²) in [5.41, 5.74) is 0.105. The van der Waals surface area contributed by atoms with E-state index in [1.54, 1.807) is 0 Å². The smallest absolute Gasteiger partial charge is 0.239 e. The van der Waals surface area contributed by atoms with Crippen molar-refractivity contribution in [2.45, 2.75) is 37.3 Å². The van der Waals surface area contributed by atoms with Crippen molar-refractivity contribution >= 4 is 11.8 Å². The molecular weight excluding hydrogens is 244 g/mol. The molecule has 0 aromatic rings. The molecule has 108 valence electrons. The van der Waals surface area contributed by atoms with Crippen LogP contribution in [-0.4, -0.2) is 62.0 Å². The quantitative estimate of drug-likeness (QED) is 0.615. The van der Waals surface area contributed by atoms with E-state index in [2.05, 4.69) is 34.9 Å². The summed E-state index contributed by atoms with van der Waals surface area (Å²) in [6.45, 7) is 1.28. The highest BCUT2D eigenvalue weighted by molar-refractivity contribution is 5.86. The van der Waals surface area contributed by atoms with Crippen LogP contribution in [0.25, 0.3) is 0 Å². The lowest BCUT2D eigenvalue weighted by atomic mass is 9.96. The third-order valence-electron chi connectivity index (χ3n) is 4.40. The van der Waals surface area contributed by atoms with Gasteiger partial charge in [-0.1, -0.05) is 12.8 Å². The van der Waals surface area contributed by atoms with Gasteiger partial charge in [-0.05, 0) is 26.9 Å². The average molecular weight is 268 g/mol. The van der Waals surface area contributed by atoms with Gasteiger partial charge < -0.3 is 15.5 Å². The Morgan fingerprint density at radius 1 is 1.42 bits per heavy atom. The SMILES string of the molecule is CN(C)C1(CNC(=O)C2CNC(=O)CN2)CCCC1. The van der Waals surface area contributed by atoms with Crippen LogP contribution < -0.4 is 16.0 Å². The molecule has 2 amide bonds. The number of nitrogens with zero attached hydrogens (tertiary/aromatic N) is 1. The predicted octanol–water partition coefficient (Wildman–Crippen LogP) is -0.935. The summed E-state index contributed by atoms with van der Waals surface area (Å²) in [5.74, 6) is -0.0715. The van der Waals surface area contributed by atoms with Gasteiger partial charge in [0.25, 0.3) is 0 Å². The largest absolute Gasteiger partial charge is 0.353 e. The van der Waals surface area contributed by atoms with Crippen molar-refractivity contribution in [3.05, 3.63) is 0 Å². The predicted molar refractivity (Wildman–Crippen MR) is 72.7 cm³/mol. The highest BCUT2D eigenvalue weighted by Gasteiger charge is 2.36. The third-order valence-corrected chi connectivity index (χ3v) is 4.40. The summed E-state index contributed by atoms with van der Waals surface area (Å²) in [5, 5.41) is 8.69. The van der Waals surface area contributed by atoms with Crippen LogP contribution in [-0.2, 0) is 9.59 Å². The second-order valence-corrected chi connectivity index (χ2v) is 5.78. The van der Waals surface area contributed by atoms with E-state index >= 15 is 0 Å². The molecule has 2 aliphatic rings. The standard InChI is InChI=1S/C13H24N4O2/c1-17(2)13(5-3-4-6-13)9-16-12(19)10-7-15-11(18)8-14-10/h10,14H,3-9H2,1-2H3,(H,15,18)(H,16,19). The van der Waals surface area contributed by atoms with E-state index in [0.717, 1.165) is 12.8 Å². The summed E-state index contributed by atoms with van der Waals surface area (Å²) >= 11 is 0. The first kappa shape index (κ1) is 14.3. The second kappa shape index (κ2) is 5.88. The average Bonchev–Trinajstić information content (AvgIpc) is 2.87. The number of hydrogen-bond acceptors (Lipinski definition) is 4. The molecule has 1 saturated heterocycles. The minimum atomic E-state index is -0.307. The summed E-state index contributed by atoms with van der Waals surface area (Å²) in [4.78, 5) is 25.3. The summed E-state index contributed by atoms with van der Waals surface area (Å²) < 4.78 is 0. The molecule has 1 atom stereocenters. The number of amides is 2. The molecule has 1 unspecified atom stereocenters. The van der Waals surface area contributed by atoms with Crippen LogP contribution >= 0.6 is 0 Å². The van der Waals surface area contributed by atoms with Crippen LogP contribution in [0.4, 0.5) is 0 Å². The lowest BCUT2D eigenvalue weighted by Gasteiger charge is -2.37.